The number of nitrogens with one attached hydrogen (secondary N) is 2. The average Bonchev–Trinajstić information content (AvgIpc) is 2.49. The number of hydrogen-bond donors (Lipinski definition) is 3. The predicted octanol–water partition coefficient (Wildman–Crippen LogP) is 1.50. The normalized spacial score (nSPS) is 12.3. The van der Waals surface area contributed by atoms with Crippen LogP contribution in [0.15, 0.2) is 24.3 Å². The molecule has 0 aromatic heterocycles. The molecule has 3 N–H and O–H groups in total. The van der Waals surface area contributed by atoms with Gasteiger partial charge in [-0.25, -0.2) is 9.18 Å². The largest absolute Gasteiger partial charge is 0.480 e. The number of hydrogen-bond acceptors (Lipinski definition) is 3. The lowest BCUT2D eigenvalue weighted by Gasteiger charge is -2.17. The van der Waals surface area contributed by atoms with Gasteiger partial charge in [0.1, 0.15) is 6.67 Å². The maximum Gasteiger partial charge on any atom is 0.328 e. The van der Waals surface area contributed by atoms with E-state index in [0.29, 0.717) is 6.54 Å². The van der Waals surface area contributed by atoms with Crippen molar-refractivity contribution in [2.75, 3.05) is 6.67 Å². The topological polar surface area (TPSA) is 95.5 Å². The Kier molecular flexibility index (Phi) is 6.24. The van der Waals surface area contributed by atoms with Crippen molar-refractivity contribution in [3.8, 4) is 0 Å². The van der Waals surface area contributed by atoms with Gasteiger partial charge in [0.2, 0.25) is 5.91 Å². The van der Waals surface area contributed by atoms with Crippen molar-refractivity contribution in [3.63, 3.8) is 0 Å². The van der Waals surface area contributed by atoms with Gasteiger partial charge in [-0.05, 0) is 17.7 Å². The number of benzene rings is 1. The summed E-state index contributed by atoms with van der Waals surface area (Å²) in [5.74, 6) is -2.19. The van der Waals surface area contributed by atoms with Gasteiger partial charge in [-0.15, -0.1) is 0 Å². The number of carbonyl (C=O) groups is 3. The van der Waals surface area contributed by atoms with Crippen molar-refractivity contribution in [2.24, 2.45) is 5.41 Å². The number of rotatable bonds is 6. The quantitative estimate of drug-likeness (QED) is 0.739. The van der Waals surface area contributed by atoms with Crippen molar-refractivity contribution < 1.29 is 23.9 Å². The molecule has 1 aromatic carbocycles. The Bertz CT molecular complexity index is 579. The molecule has 0 aliphatic rings. The van der Waals surface area contributed by atoms with Crippen molar-refractivity contribution in [2.45, 2.75) is 33.4 Å². The van der Waals surface area contributed by atoms with Gasteiger partial charge in [0, 0.05) is 17.5 Å². The fraction of sp³-hybridized carbons (Fsp3) is 0.438. The smallest absolute Gasteiger partial charge is 0.328 e. The highest BCUT2D eigenvalue weighted by molar-refractivity contribution is 5.96. The van der Waals surface area contributed by atoms with Crippen molar-refractivity contribution in [1.82, 2.24) is 10.6 Å². The number of amides is 2. The number of alkyl halides is 1. The van der Waals surface area contributed by atoms with E-state index < -0.39 is 30.0 Å². The van der Waals surface area contributed by atoms with Gasteiger partial charge in [-0.3, -0.25) is 9.59 Å². The lowest BCUT2D eigenvalue weighted by atomic mass is 9.95. The number of aliphatic carboxylic acids is 1. The third-order valence-electron chi connectivity index (χ3n) is 3.11. The first kappa shape index (κ1) is 18.6. The Hall–Kier alpha value is -2.44. The molecule has 1 unspecified atom stereocenters. The summed E-state index contributed by atoms with van der Waals surface area (Å²) in [7, 11) is 0. The van der Waals surface area contributed by atoms with E-state index in [4.69, 9.17) is 5.11 Å². The van der Waals surface area contributed by atoms with Crippen LogP contribution in [0.3, 0.4) is 0 Å². The molecule has 0 saturated heterocycles. The molecular weight excluding hydrogens is 303 g/mol. The number of halogens is 1. The molecule has 0 radical (unpaired) electrons. The minimum absolute atomic E-state index is 0.0911. The van der Waals surface area contributed by atoms with Crippen LogP contribution in [0.2, 0.25) is 0 Å². The highest BCUT2D eigenvalue weighted by atomic mass is 19.1. The van der Waals surface area contributed by atoms with Gasteiger partial charge in [0.05, 0.1) is 0 Å². The number of carbonyl (C=O) groups excluding carboxylic acids is 2. The number of carboxylic acid groups (broad SMARTS) is 1. The fourth-order valence-corrected chi connectivity index (χ4v) is 1.63. The lowest BCUT2D eigenvalue weighted by molar-refractivity contribution is -0.139. The first-order chi connectivity index (χ1) is 10.6. The highest BCUT2D eigenvalue weighted by Crippen LogP contribution is 2.13. The first-order valence-electron chi connectivity index (χ1n) is 7.12. The third kappa shape index (κ3) is 5.69. The van der Waals surface area contributed by atoms with Crippen LogP contribution in [0, 0.1) is 5.41 Å². The average molecular weight is 324 g/mol. The van der Waals surface area contributed by atoms with E-state index in [0.717, 1.165) is 5.56 Å². The van der Waals surface area contributed by atoms with E-state index in [9.17, 15) is 18.8 Å². The summed E-state index contributed by atoms with van der Waals surface area (Å²) in [5.41, 5.74) is 0.521. The zero-order chi connectivity index (χ0) is 17.6. The molecule has 7 heteroatoms. The van der Waals surface area contributed by atoms with Crippen LogP contribution in [0.1, 0.15) is 36.7 Å². The molecule has 0 bridgehead atoms. The van der Waals surface area contributed by atoms with E-state index in [1.54, 1.807) is 32.9 Å². The molecule has 1 atom stereocenters. The Morgan fingerprint density at radius 1 is 1.17 bits per heavy atom. The monoisotopic (exact) mass is 324 g/mol. The second kappa shape index (κ2) is 7.71. The van der Waals surface area contributed by atoms with E-state index in [-0.39, 0.29) is 11.5 Å². The Morgan fingerprint density at radius 3 is 2.17 bits per heavy atom. The maximum atomic E-state index is 12.5. The summed E-state index contributed by atoms with van der Waals surface area (Å²) in [6.45, 7) is 4.55. The van der Waals surface area contributed by atoms with Gasteiger partial charge in [0.15, 0.2) is 6.04 Å². The summed E-state index contributed by atoms with van der Waals surface area (Å²) >= 11 is 0. The van der Waals surface area contributed by atoms with Gasteiger partial charge < -0.3 is 15.7 Å². The molecule has 126 valence electrons. The molecular formula is C16H21FN2O4. The molecule has 2 amide bonds. The third-order valence-corrected chi connectivity index (χ3v) is 3.11. The number of carboxylic acids is 1. The molecule has 0 heterocycles. The molecule has 0 aliphatic carbocycles. The van der Waals surface area contributed by atoms with Crippen LogP contribution in [0.4, 0.5) is 4.39 Å². The van der Waals surface area contributed by atoms with Crippen LogP contribution < -0.4 is 10.6 Å². The van der Waals surface area contributed by atoms with E-state index in [1.807, 2.05) is 0 Å². The summed E-state index contributed by atoms with van der Waals surface area (Å²) in [5, 5.41) is 13.6. The minimum atomic E-state index is -1.56. The molecule has 1 aromatic rings. The predicted molar refractivity (Wildman–Crippen MR) is 82.6 cm³/mol. The highest BCUT2D eigenvalue weighted by Gasteiger charge is 2.21. The first-order valence-corrected chi connectivity index (χ1v) is 7.12. The SMILES string of the molecule is CC(C)(C)C(=O)NCc1ccc(C(=O)NC(CF)C(=O)O)cc1. The van der Waals surface area contributed by atoms with Crippen LogP contribution in [0.25, 0.3) is 0 Å². The fourth-order valence-electron chi connectivity index (χ4n) is 1.63. The van der Waals surface area contributed by atoms with E-state index in [2.05, 4.69) is 10.6 Å². The minimum Gasteiger partial charge on any atom is -0.480 e. The molecule has 0 saturated carbocycles. The van der Waals surface area contributed by atoms with Gasteiger partial charge in [-0.2, -0.15) is 0 Å². The maximum absolute atomic E-state index is 12.5. The van der Waals surface area contributed by atoms with Crippen molar-refractivity contribution in [1.29, 1.82) is 0 Å². The Morgan fingerprint density at radius 2 is 1.74 bits per heavy atom. The van der Waals surface area contributed by atoms with Crippen LogP contribution in [0.5, 0.6) is 0 Å². The summed E-state index contributed by atoms with van der Waals surface area (Å²) < 4.78 is 12.5. The summed E-state index contributed by atoms with van der Waals surface area (Å²) in [4.78, 5) is 34.3. The molecule has 1 rings (SSSR count). The van der Waals surface area contributed by atoms with Crippen LogP contribution in [-0.2, 0) is 16.1 Å². The van der Waals surface area contributed by atoms with Gasteiger partial charge >= 0.3 is 5.97 Å². The second-order valence-corrected chi connectivity index (χ2v) is 6.15. The van der Waals surface area contributed by atoms with Gasteiger partial charge in [0.25, 0.3) is 5.91 Å². The summed E-state index contributed by atoms with van der Waals surface area (Å²) in [6, 6.07) is 4.70. The Balaban J connectivity index is 2.64. The van der Waals surface area contributed by atoms with E-state index in [1.165, 1.54) is 12.1 Å². The molecule has 6 nitrogen and oxygen atoms in total. The Labute approximate surface area is 134 Å². The zero-order valence-electron chi connectivity index (χ0n) is 13.4. The van der Waals surface area contributed by atoms with Gasteiger partial charge in [-0.1, -0.05) is 32.9 Å². The van der Waals surface area contributed by atoms with Crippen LogP contribution >= 0.6 is 0 Å². The van der Waals surface area contributed by atoms with Crippen molar-refractivity contribution in [3.05, 3.63) is 35.4 Å². The molecule has 23 heavy (non-hydrogen) atoms. The lowest BCUT2D eigenvalue weighted by Crippen LogP contribution is -2.42. The molecule has 0 fully saturated rings. The van der Waals surface area contributed by atoms with E-state index >= 15 is 0 Å². The van der Waals surface area contributed by atoms with Crippen LogP contribution in [-0.4, -0.2) is 35.6 Å². The molecule has 0 aliphatic heterocycles. The summed E-state index contributed by atoms with van der Waals surface area (Å²) in [6.07, 6.45) is 0. The zero-order valence-corrected chi connectivity index (χ0v) is 13.4. The molecule has 0 spiro atoms. The second-order valence-electron chi connectivity index (χ2n) is 6.15. The standard InChI is InChI=1S/C16H21FN2O4/c1-16(2,3)15(23)18-9-10-4-6-11(7-5-10)13(20)19-12(8-17)14(21)22/h4-7,12H,8-9H2,1-3H3,(H,18,23)(H,19,20)(H,21,22). The van der Waals surface area contributed by atoms with Crippen molar-refractivity contribution >= 4 is 17.8 Å².